The minimum atomic E-state index is -0.846. The summed E-state index contributed by atoms with van der Waals surface area (Å²) in [7, 11) is 0. The highest BCUT2D eigenvalue weighted by molar-refractivity contribution is 6.17. The van der Waals surface area contributed by atoms with Gasteiger partial charge in [0.2, 0.25) is 0 Å². The van der Waals surface area contributed by atoms with E-state index >= 15 is 0 Å². The molecule has 2 amide bonds. The SMILES string of the molecule is CCOC(=O)c1cc(C(=O)Nc2ccc(Oc3ccccc3)cc2)c(C(=O)OCC)cc1C(=O)Nc1ccc(Oc2ccccc2)cc1. The van der Waals surface area contributed by atoms with Gasteiger partial charge in [-0.3, -0.25) is 9.59 Å². The molecule has 0 aliphatic carbocycles. The fourth-order valence-corrected chi connectivity index (χ4v) is 4.59. The molecule has 5 aromatic carbocycles. The number of rotatable bonds is 12. The Hall–Kier alpha value is -6.42. The molecule has 48 heavy (non-hydrogen) atoms. The van der Waals surface area contributed by atoms with Crippen molar-refractivity contribution in [2.75, 3.05) is 23.8 Å². The molecule has 0 aliphatic rings. The van der Waals surface area contributed by atoms with Crippen LogP contribution in [0.15, 0.2) is 121 Å². The van der Waals surface area contributed by atoms with E-state index in [0.717, 1.165) is 12.1 Å². The molecule has 242 valence electrons. The number of benzene rings is 5. The summed E-state index contributed by atoms with van der Waals surface area (Å²) in [6, 6.07) is 34.0. The third kappa shape index (κ3) is 8.43. The zero-order valence-electron chi connectivity index (χ0n) is 26.2. The predicted molar refractivity (Wildman–Crippen MR) is 180 cm³/mol. The quantitative estimate of drug-likeness (QED) is 0.130. The lowest BCUT2D eigenvalue weighted by Crippen LogP contribution is -2.23. The van der Waals surface area contributed by atoms with Crippen LogP contribution in [0.3, 0.4) is 0 Å². The Kier molecular flexibility index (Phi) is 10.8. The summed E-state index contributed by atoms with van der Waals surface area (Å²) in [6.07, 6.45) is 0. The van der Waals surface area contributed by atoms with Crippen LogP contribution in [-0.4, -0.2) is 37.0 Å². The molecule has 2 N–H and O–H groups in total. The van der Waals surface area contributed by atoms with Crippen LogP contribution < -0.4 is 20.1 Å². The molecule has 0 fully saturated rings. The Morgan fingerprint density at radius 3 is 1.12 bits per heavy atom. The Morgan fingerprint density at radius 2 is 0.792 bits per heavy atom. The van der Waals surface area contributed by atoms with Crippen LogP contribution in [0.2, 0.25) is 0 Å². The molecule has 0 unspecified atom stereocenters. The second kappa shape index (κ2) is 15.7. The molecule has 0 saturated heterocycles. The first-order valence-electron chi connectivity index (χ1n) is 15.2. The zero-order chi connectivity index (χ0) is 33.9. The van der Waals surface area contributed by atoms with Crippen LogP contribution in [0.1, 0.15) is 55.3 Å². The van der Waals surface area contributed by atoms with E-state index in [2.05, 4.69) is 10.6 Å². The summed E-state index contributed by atoms with van der Waals surface area (Å²) in [5.41, 5.74) is 0.0235. The van der Waals surface area contributed by atoms with Crippen LogP contribution in [0, 0.1) is 0 Å². The van der Waals surface area contributed by atoms with Crippen LogP contribution in [0.4, 0.5) is 11.4 Å². The molecular weight excluding hydrogens is 612 g/mol. The first kappa shape index (κ1) is 33.0. The molecule has 0 spiro atoms. The molecule has 10 heteroatoms. The van der Waals surface area contributed by atoms with E-state index in [-0.39, 0.29) is 35.5 Å². The molecule has 0 saturated carbocycles. The highest BCUT2D eigenvalue weighted by Gasteiger charge is 2.27. The minimum Gasteiger partial charge on any atom is -0.462 e. The number of para-hydroxylation sites is 2. The second-order valence-corrected chi connectivity index (χ2v) is 10.2. The normalized spacial score (nSPS) is 10.4. The lowest BCUT2D eigenvalue weighted by atomic mass is 9.96. The van der Waals surface area contributed by atoms with E-state index < -0.39 is 23.8 Å². The van der Waals surface area contributed by atoms with E-state index in [1.807, 2.05) is 60.7 Å². The fourth-order valence-electron chi connectivity index (χ4n) is 4.59. The number of amides is 2. The van der Waals surface area contributed by atoms with Gasteiger partial charge in [-0.1, -0.05) is 36.4 Å². The van der Waals surface area contributed by atoms with Crippen LogP contribution in [-0.2, 0) is 9.47 Å². The molecule has 0 aromatic heterocycles. The maximum atomic E-state index is 13.6. The summed E-state index contributed by atoms with van der Waals surface area (Å²) in [4.78, 5) is 53.3. The minimum absolute atomic E-state index is 0.0152. The van der Waals surface area contributed by atoms with Gasteiger partial charge in [0.15, 0.2) is 0 Å². The standard InChI is InChI=1S/C38H32N2O8/c1-3-45-37(43)33-23-32(36(42)40-26-17-21-30(22-18-26)48-28-13-9-6-10-14-28)34(38(44)46-4-2)24-31(33)35(41)39-25-15-19-29(20-16-25)47-27-11-7-5-8-12-27/h5-24H,3-4H2,1-2H3,(H,39,41)(H,40,42). The van der Waals surface area contributed by atoms with Gasteiger partial charge in [-0.2, -0.15) is 0 Å². The maximum absolute atomic E-state index is 13.6. The van der Waals surface area contributed by atoms with Crippen LogP contribution >= 0.6 is 0 Å². The lowest BCUT2D eigenvalue weighted by Gasteiger charge is -2.16. The van der Waals surface area contributed by atoms with Gasteiger partial charge in [0, 0.05) is 11.4 Å². The van der Waals surface area contributed by atoms with Crippen LogP contribution in [0.5, 0.6) is 23.0 Å². The average molecular weight is 645 g/mol. The van der Waals surface area contributed by atoms with Gasteiger partial charge < -0.3 is 29.6 Å². The van der Waals surface area contributed by atoms with E-state index in [4.69, 9.17) is 18.9 Å². The maximum Gasteiger partial charge on any atom is 0.338 e. The number of anilines is 2. The highest BCUT2D eigenvalue weighted by Crippen LogP contribution is 2.27. The number of esters is 2. The van der Waals surface area contributed by atoms with Crippen LogP contribution in [0.25, 0.3) is 0 Å². The van der Waals surface area contributed by atoms with Crippen molar-refractivity contribution in [3.8, 4) is 23.0 Å². The molecule has 5 aromatic rings. The molecule has 5 rings (SSSR count). The van der Waals surface area contributed by atoms with Crippen molar-refractivity contribution in [2.24, 2.45) is 0 Å². The summed E-state index contributed by atoms with van der Waals surface area (Å²) in [5, 5.41) is 5.46. The molecule has 0 radical (unpaired) electrons. The number of hydrogen-bond acceptors (Lipinski definition) is 8. The third-order valence-electron chi connectivity index (χ3n) is 6.82. The zero-order valence-corrected chi connectivity index (χ0v) is 26.2. The van der Waals surface area contributed by atoms with Gasteiger partial charge in [0.05, 0.1) is 35.5 Å². The van der Waals surface area contributed by atoms with Gasteiger partial charge in [-0.15, -0.1) is 0 Å². The first-order chi connectivity index (χ1) is 23.3. The predicted octanol–water partition coefficient (Wildman–Crippen LogP) is 8.13. The van der Waals surface area contributed by atoms with Crippen molar-refractivity contribution in [3.05, 3.63) is 144 Å². The van der Waals surface area contributed by atoms with Gasteiger partial charge in [-0.05, 0) is 98.8 Å². The van der Waals surface area contributed by atoms with Gasteiger partial charge in [0.25, 0.3) is 11.8 Å². The molecule has 0 atom stereocenters. The molecule has 0 heterocycles. The second-order valence-electron chi connectivity index (χ2n) is 10.2. The van der Waals surface area contributed by atoms with E-state index in [1.54, 1.807) is 62.4 Å². The van der Waals surface area contributed by atoms with Crippen molar-refractivity contribution >= 4 is 35.1 Å². The summed E-state index contributed by atoms with van der Waals surface area (Å²) >= 11 is 0. The fraction of sp³-hybridized carbons (Fsp3) is 0.105. The molecule has 0 aliphatic heterocycles. The van der Waals surface area contributed by atoms with E-state index in [0.29, 0.717) is 34.4 Å². The Labute approximate surface area is 277 Å². The Morgan fingerprint density at radius 1 is 0.458 bits per heavy atom. The van der Waals surface area contributed by atoms with Crippen molar-refractivity contribution in [1.29, 1.82) is 0 Å². The van der Waals surface area contributed by atoms with Crippen molar-refractivity contribution < 1.29 is 38.1 Å². The number of ether oxygens (including phenoxy) is 4. The molecular formula is C38H32N2O8. The molecule has 0 bridgehead atoms. The largest absolute Gasteiger partial charge is 0.462 e. The number of nitrogens with one attached hydrogen (secondary N) is 2. The monoisotopic (exact) mass is 644 g/mol. The number of carbonyl (C=O) groups excluding carboxylic acids is 4. The van der Waals surface area contributed by atoms with E-state index in [1.165, 1.54) is 0 Å². The summed E-state index contributed by atoms with van der Waals surface area (Å²) in [5.74, 6) is -0.713. The summed E-state index contributed by atoms with van der Waals surface area (Å²) in [6.45, 7) is 3.26. The first-order valence-corrected chi connectivity index (χ1v) is 15.2. The number of hydrogen-bond donors (Lipinski definition) is 2. The van der Waals surface area contributed by atoms with Crippen molar-refractivity contribution in [1.82, 2.24) is 0 Å². The van der Waals surface area contributed by atoms with Gasteiger partial charge in [-0.25, -0.2) is 9.59 Å². The Bertz CT molecular complexity index is 1750. The van der Waals surface area contributed by atoms with Crippen molar-refractivity contribution in [3.63, 3.8) is 0 Å². The lowest BCUT2D eigenvalue weighted by molar-refractivity contribution is 0.0508. The number of carbonyl (C=O) groups is 4. The van der Waals surface area contributed by atoms with E-state index in [9.17, 15) is 19.2 Å². The smallest absolute Gasteiger partial charge is 0.338 e. The highest BCUT2D eigenvalue weighted by atomic mass is 16.5. The topological polar surface area (TPSA) is 129 Å². The molecule has 10 nitrogen and oxygen atoms in total. The summed E-state index contributed by atoms with van der Waals surface area (Å²) < 4.78 is 22.0. The van der Waals surface area contributed by atoms with Gasteiger partial charge >= 0.3 is 11.9 Å². The third-order valence-corrected chi connectivity index (χ3v) is 6.82. The van der Waals surface area contributed by atoms with Gasteiger partial charge in [0.1, 0.15) is 23.0 Å². The average Bonchev–Trinajstić information content (AvgIpc) is 3.10. The van der Waals surface area contributed by atoms with Crippen molar-refractivity contribution in [2.45, 2.75) is 13.8 Å². The Balaban J connectivity index is 1.41.